The fourth-order valence-electron chi connectivity index (χ4n) is 3.05. The molecule has 2 aromatic rings. The van der Waals surface area contributed by atoms with E-state index in [0.717, 1.165) is 16.8 Å². The number of hydrogen-bond donors (Lipinski definition) is 2. The van der Waals surface area contributed by atoms with Crippen molar-refractivity contribution in [3.8, 4) is 11.3 Å². The number of aromatic nitrogens is 1. The number of carbonyl (C=O) groups excluding carboxylic acids is 1. The second-order valence-electron chi connectivity index (χ2n) is 5.90. The van der Waals surface area contributed by atoms with Gasteiger partial charge in [0.25, 0.3) is 5.91 Å². The summed E-state index contributed by atoms with van der Waals surface area (Å²) in [4.78, 5) is 17.0. The van der Waals surface area contributed by atoms with E-state index in [9.17, 15) is 9.90 Å². The smallest absolute Gasteiger partial charge is 0.273 e. The number of rotatable bonds is 4. The van der Waals surface area contributed by atoms with Gasteiger partial charge in [-0.25, -0.2) is 5.01 Å². The molecule has 0 unspecified atom stereocenters. The molecule has 0 radical (unpaired) electrons. The topological polar surface area (TPSA) is 77.8 Å². The van der Waals surface area contributed by atoms with Crippen LogP contribution in [0.15, 0.2) is 59.5 Å². The summed E-state index contributed by atoms with van der Waals surface area (Å²) in [6.07, 6.45) is 5.05. The molecule has 1 aliphatic rings. The van der Waals surface area contributed by atoms with E-state index in [1.165, 1.54) is 5.01 Å². The number of hydrazone groups is 1. The first-order chi connectivity index (χ1) is 13.1. The van der Waals surface area contributed by atoms with Crippen molar-refractivity contribution < 1.29 is 9.90 Å². The van der Waals surface area contributed by atoms with Crippen LogP contribution in [-0.4, -0.2) is 33.8 Å². The number of pyridine rings is 1. The van der Waals surface area contributed by atoms with Crippen molar-refractivity contribution in [2.75, 3.05) is 6.54 Å². The van der Waals surface area contributed by atoms with Gasteiger partial charge in [-0.1, -0.05) is 36.4 Å². The zero-order chi connectivity index (χ0) is 19.4. The van der Waals surface area contributed by atoms with Crippen molar-refractivity contribution in [2.24, 2.45) is 5.10 Å². The summed E-state index contributed by atoms with van der Waals surface area (Å²) in [5, 5.41) is 19.3. The van der Waals surface area contributed by atoms with Gasteiger partial charge >= 0.3 is 0 Å². The monoisotopic (exact) mass is 362 g/mol. The minimum Gasteiger partial charge on any atom is -0.505 e. The van der Waals surface area contributed by atoms with E-state index in [4.69, 9.17) is 0 Å². The van der Waals surface area contributed by atoms with Gasteiger partial charge in [0.15, 0.2) is 11.5 Å². The molecule has 2 N–H and O–H groups in total. The zero-order valence-corrected chi connectivity index (χ0v) is 15.6. The Balaban J connectivity index is 2.22. The minimum atomic E-state index is -0.391. The molecule has 3 rings (SSSR count). The van der Waals surface area contributed by atoms with Crippen LogP contribution < -0.4 is 5.32 Å². The Bertz CT molecular complexity index is 946. The molecule has 0 spiro atoms. The van der Waals surface area contributed by atoms with Crippen LogP contribution >= 0.6 is 0 Å². The zero-order valence-electron chi connectivity index (χ0n) is 15.6. The van der Waals surface area contributed by atoms with Gasteiger partial charge in [-0.15, -0.1) is 0 Å². The molecule has 1 aromatic carbocycles. The summed E-state index contributed by atoms with van der Waals surface area (Å²) in [7, 11) is 0. The number of nitrogens with zero attached hydrogens (tertiary/aromatic N) is 3. The first-order valence-electron chi connectivity index (χ1n) is 8.85. The summed E-state index contributed by atoms with van der Waals surface area (Å²) in [5.41, 5.74) is 3.82. The van der Waals surface area contributed by atoms with E-state index in [2.05, 4.69) is 15.4 Å². The first kappa shape index (κ1) is 18.4. The van der Waals surface area contributed by atoms with Crippen molar-refractivity contribution in [3.63, 3.8) is 0 Å². The molecule has 138 valence electrons. The van der Waals surface area contributed by atoms with Crippen LogP contribution in [0.3, 0.4) is 0 Å². The molecular formula is C21H22N4O2. The highest BCUT2D eigenvalue weighted by Gasteiger charge is 2.33. The Morgan fingerprint density at radius 2 is 2.00 bits per heavy atom. The maximum absolute atomic E-state index is 12.6. The number of nitrogens with one attached hydrogen (secondary N) is 1. The molecule has 6 heteroatoms. The van der Waals surface area contributed by atoms with Crippen molar-refractivity contribution in [3.05, 3.63) is 65.5 Å². The Morgan fingerprint density at radius 1 is 1.26 bits per heavy atom. The van der Waals surface area contributed by atoms with E-state index in [0.29, 0.717) is 17.8 Å². The summed E-state index contributed by atoms with van der Waals surface area (Å²) < 4.78 is 0. The normalized spacial score (nSPS) is 15.4. The van der Waals surface area contributed by atoms with Crippen LogP contribution in [0.2, 0.25) is 0 Å². The molecule has 1 aromatic heterocycles. The number of amides is 1. The molecule has 0 saturated heterocycles. The molecule has 0 aliphatic carbocycles. The van der Waals surface area contributed by atoms with Gasteiger partial charge in [0.2, 0.25) is 0 Å². The molecular weight excluding hydrogens is 340 g/mol. The van der Waals surface area contributed by atoms with Crippen molar-refractivity contribution in [1.29, 1.82) is 0 Å². The van der Waals surface area contributed by atoms with E-state index in [-0.39, 0.29) is 11.5 Å². The Kier molecular flexibility index (Phi) is 5.35. The molecule has 1 amide bonds. The fraction of sp³-hybridized carbons (Fsp3) is 0.190. The molecule has 0 bridgehead atoms. The Labute approximate surface area is 158 Å². The molecule has 0 atom stereocenters. The Morgan fingerprint density at radius 3 is 2.63 bits per heavy atom. The fourth-order valence-corrected chi connectivity index (χ4v) is 3.05. The number of aliphatic hydroxyl groups is 1. The van der Waals surface area contributed by atoms with Crippen molar-refractivity contribution in [1.82, 2.24) is 15.3 Å². The van der Waals surface area contributed by atoms with Gasteiger partial charge in [-0.2, -0.15) is 5.10 Å². The molecule has 1 aliphatic heterocycles. The first-order valence-corrected chi connectivity index (χ1v) is 8.85. The van der Waals surface area contributed by atoms with Crippen LogP contribution in [-0.2, 0) is 4.79 Å². The largest absolute Gasteiger partial charge is 0.505 e. The van der Waals surface area contributed by atoms with E-state index >= 15 is 0 Å². The maximum Gasteiger partial charge on any atom is 0.273 e. The summed E-state index contributed by atoms with van der Waals surface area (Å²) in [5.74, 6) is -0.531. The predicted octanol–water partition coefficient (Wildman–Crippen LogP) is 3.79. The van der Waals surface area contributed by atoms with Gasteiger partial charge in [-0.3, -0.25) is 9.78 Å². The number of carbonyl (C=O) groups is 1. The lowest BCUT2D eigenvalue weighted by molar-refractivity contribution is -0.118. The molecule has 6 nitrogen and oxygen atoms in total. The maximum atomic E-state index is 12.6. The molecule has 0 saturated carbocycles. The number of benzene rings is 1. The SMILES string of the molecule is C/C=N\N1C(C(=O)NCC)=C(O)c2cnc(-c3ccccc3)cc2/C1=C\C. The number of allylic oxidation sites excluding steroid dienone is 1. The highest BCUT2D eigenvalue weighted by Crippen LogP contribution is 2.38. The summed E-state index contributed by atoms with van der Waals surface area (Å²) >= 11 is 0. The van der Waals surface area contributed by atoms with Crippen LogP contribution in [0.5, 0.6) is 0 Å². The van der Waals surface area contributed by atoms with Crippen LogP contribution in [0.1, 0.15) is 31.9 Å². The van der Waals surface area contributed by atoms with Crippen LogP contribution in [0, 0.1) is 0 Å². The predicted molar refractivity (Wildman–Crippen MR) is 108 cm³/mol. The lowest BCUT2D eigenvalue weighted by Gasteiger charge is -2.30. The number of hydrogen-bond acceptors (Lipinski definition) is 5. The lowest BCUT2D eigenvalue weighted by atomic mass is 9.96. The quantitative estimate of drug-likeness (QED) is 0.811. The number of likely N-dealkylation sites (N-methyl/N-ethyl adjacent to an activating group) is 1. The van der Waals surface area contributed by atoms with Gasteiger partial charge in [0.1, 0.15) is 0 Å². The lowest BCUT2D eigenvalue weighted by Crippen LogP contribution is -2.35. The average Bonchev–Trinajstić information content (AvgIpc) is 2.69. The second kappa shape index (κ2) is 7.86. The molecule has 2 heterocycles. The van der Waals surface area contributed by atoms with Crippen LogP contribution in [0.4, 0.5) is 0 Å². The van der Waals surface area contributed by atoms with Crippen molar-refractivity contribution in [2.45, 2.75) is 20.8 Å². The minimum absolute atomic E-state index is 0.0878. The third-order valence-corrected chi connectivity index (χ3v) is 4.23. The third-order valence-electron chi connectivity index (χ3n) is 4.23. The van der Waals surface area contributed by atoms with E-state index < -0.39 is 5.91 Å². The van der Waals surface area contributed by atoms with E-state index in [1.54, 1.807) is 19.3 Å². The number of aliphatic hydroxyl groups excluding tert-OH is 1. The summed E-state index contributed by atoms with van der Waals surface area (Å²) in [6, 6.07) is 11.7. The van der Waals surface area contributed by atoms with Gasteiger partial charge in [-0.05, 0) is 26.8 Å². The second-order valence-corrected chi connectivity index (χ2v) is 5.90. The average molecular weight is 362 g/mol. The Hall–Kier alpha value is -3.41. The highest BCUT2D eigenvalue weighted by atomic mass is 16.3. The standard InChI is InChI=1S/C21H22N4O2/c1-4-18-15-12-17(14-10-8-7-9-11-14)23-13-16(15)20(26)19(21(27)22-5-2)25(18)24-6-3/h4,6-13,26H,5H2,1-3H3,(H,22,27)/b18-4+,24-6-. The highest BCUT2D eigenvalue weighted by molar-refractivity contribution is 6.04. The molecule has 0 fully saturated rings. The third kappa shape index (κ3) is 3.33. The van der Waals surface area contributed by atoms with Crippen molar-refractivity contribution >= 4 is 23.6 Å². The van der Waals surface area contributed by atoms with Gasteiger partial charge in [0.05, 0.1) is 11.4 Å². The summed E-state index contributed by atoms with van der Waals surface area (Å²) in [6.45, 7) is 5.90. The van der Waals surface area contributed by atoms with Crippen LogP contribution in [0.25, 0.3) is 22.7 Å². The van der Waals surface area contributed by atoms with Gasteiger partial charge in [0, 0.05) is 35.6 Å². The van der Waals surface area contributed by atoms with Gasteiger partial charge < -0.3 is 10.4 Å². The van der Waals surface area contributed by atoms with E-state index in [1.807, 2.05) is 56.3 Å². The molecule has 27 heavy (non-hydrogen) atoms. The number of fused-ring (bicyclic) bond motifs is 1.